The molecule has 1 aromatic carbocycles. The van der Waals surface area contributed by atoms with Gasteiger partial charge in [-0.3, -0.25) is 0 Å². The second-order valence-electron chi connectivity index (χ2n) is 5.12. The molecule has 0 saturated carbocycles. The summed E-state index contributed by atoms with van der Waals surface area (Å²) in [5.41, 5.74) is 2.14. The first kappa shape index (κ1) is 13.7. The zero-order valence-electron chi connectivity index (χ0n) is 11.4. The standard InChI is InChI=1S/C16H21NO2/c1-2-5-13-10-11-17(12-13)15-7-4-3-6-14(15)8-9-16(18)19/h3-4,6-9,13H,2,5,10-12H2,1H3,(H,18,19)/b9-8+. The average Bonchev–Trinajstić information content (AvgIpc) is 2.85. The van der Waals surface area contributed by atoms with Crippen molar-refractivity contribution >= 4 is 17.7 Å². The van der Waals surface area contributed by atoms with Crippen LogP contribution in [0.15, 0.2) is 30.3 Å². The fourth-order valence-electron chi connectivity index (χ4n) is 2.77. The summed E-state index contributed by atoms with van der Waals surface area (Å²) in [5.74, 6) is -0.124. The molecule has 1 aromatic rings. The van der Waals surface area contributed by atoms with Gasteiger partial charge in [0, 0.05) is 24.9 Å². The second-order valence-corrected chi connectivity index (χ2v) is 5.12. The van der Waals surface area contributed by atoms with Crippen LogP contribution in [0.1, 0.15) is 31.7 Å². The number of hydrogen-bond acceptors (Lipinski definition) is 2. The van der Waals surface area contributed by atoms with Gasteiger partial charge in [0.1, 0.15) is 0 Å². The van der Waals surface area contributed by atoms with Crippen LogP contribution in [-0.2, 0) is 4.79 Å². The van der Waals surface area contributed by atoms with Gasteiger partial charge in [0.25, 0.3) is 0 Å². The molecule has 1 heterocycles. The van der Waals surface area contributed by atoms with E-state index in [1.165, 1.54) is 25.3 Å². The first-order valence-electron chi connectivity index (χ1n) is 6.95. The van der Waals surface area contributed by atoms with Crippen LogP contribution >= 0.6 is 0 Å². The Morgan fingerprint density at radius 1 is 1.47 bits per heavy atom. The van der Waals surface area contributed by atoms with Crippen molar-refractivity contribution in [3.05, 3.63) is 35.9 Å². The molecule has 0 bridgehead atoms. The summed E-state index contributed by atoms with van der Waals surface area (Å²) in [7, 11) is 0. The van der Waals surface area contributed by atoms with Gasteiger partial charge in [0.15, 0.2) is 0 Å². The quantitative estimate of drug-likeness (QED) is 0.824. The van der Waals surface area contributed by atoms with Gasteiger partial charge in [-0.1, -0.05) is 31.5 Å². The van der Waals surface area contributed by atoms with Crippen LogP contribution in [-0.4, -0.2) is 24.2 Å². The Balaban J connectivity index is 2.14. The Bertz CT molecular complexity index is 468. The molecular formula is C16H21NO2. The van der Waals surface area contributed by atoms with Gasteiger partial charge in [-0.25, -0.2) is 4.79 Å². The van der Waals surface area contributed by atoms with Crippen LogP contribution < -0.4 is 4.90 Å². The molecule has 0 spiro atoms. The van der Waals surface area contributed by atoms with Crippen molar-refractivity contribution in [2.75, 3.05) is 18.0 Å². The zero-order chi connectivity index (χ0) is 13.7. The van der Waals surface area contributed by atoms with Crippen LogP contribution in [0.5, 0.6) is 0 Å². The molecule has 102 valence electrons. The molecule has 19 heavy (non-hydrogen) atoms. The Kier molecular flexibility index (Phi) is 4.61. The lowest BCUT2D eigenvalue weighted by Gasteiger charge is -2.21. The van der Waals surface area contributed by atoms with Crippen molar-refractivity contribution in [2.24, 2.45) is 5.92 Å². The van der Waals surface area contributed by atoms with Crippen molar-refractivity contribution in [1.29, 1.82) is 0 Å². The fourth-order valence-corrected chi connectivity index (χ4v) is 2.77. The number of aliphatic carboxylic acids is 1. The minimum atomic E-state index is -0.903. The summed E-state index contributed by atoms with van der Waals surface area (Å²) in [6.45, 7) is 4.39. The highest BCUT2D eigenvalue weighted by atomic mass is 16.4. The van der Waals surface area contributed by atoms with E-state index in [0.29, 0.717) is 0 Å². The lowest BCUT2D eigenvalue weighted by Crippen LogP contribution is -2.20. The van der Waals surface area contributed by atoms with Gasteiger partial charge in [-0.15, -0.1) is 0 Å². The maximum atomic E-state index is 10.6. The normalized spacial score (nSPS) is 19.2. The molecule has 1 aliphatic heterocycles. The molecule has 3 heteroatoms. The van der Waals surface area contributed by atoms with Gasteiger partial charge >= 0.3 is 5.97 Å². The Morgan fingerprint density at radius 2 is 2.26 bits per heavy atom. The van der Waals surface area contributed by atoms with E-state index in [1.54, 1.807) is 6.08 Å². The number of hydrogen-bond donors (Lipinski definition) is 1. The van der Waals surface area contributed by atoms with Crippen LogP contribution in [0, 0.1) is 5.92 Å². The van der Waals surface area contributed by atoms with E-state index in [4.69, 9.17) is 5.11 Å². The van der Waals surface area contributed by atoms with E-state index >= 15 is 0 Å². The maximum Gasteiger partial charge on any atom is 0.328 e. The smallest absolute Gasteiger partial charge is 0.328 e. The number of para-hydroxylation sites is 1. The van der Waals surface area contributed by atoms with E-state index < -0.39 is 5.97 Å². The summed E-state index contributed by atoms with van der Waals surface area (Å²) in [4.78, 5) is 13.0. The van der Waals surface area contributed by atoms with Crippen LogP contribution in [0.4, 0.5) is 5.69 Å². The highest BCUT2D eigenvalue weighted by Crippen LogP contribution is 2.29. The highest BCUT2D eigenvalue weighted by molar-refractivity contribution is 5.87. The molecule has 1 saturated heterocycles. The largest absolute Gasteiger partial charge is 0.478 e. The molecule has 1 atom stereocenters. The number of nitrogens with zero attached hydrogens (tertiary/aromatic N) is 1. The first-order chi connectivity index (χ1) is 9.20. The lowest BCUT2D eigenvalue weighted by molar-refractivity contribution is -0.131. The molecule has 2 rings (SSSR count). The second kappa shape index (κ2) is 6.41. The maximum absolute atomic E-state index is 10.6. The Hall–Kier alpha value is -1.77. The molecule has 0 amide bonds. The third-order valence-corrected chi connectivity index (χ3v) is 3.67. The van der Waals surface area contributed by atoms with E-state index in [0.717, 1.165) is 30.3 Å². The van der Waals surface area contributed by atoms with Gasteiger partial charge < -0.3 is 10.0 Å². The van der Waals surface area contributed by atoms with E-state index in [1.807, 2.05) is 18.2 Å². The van der Waals surface area contributed by atoms with Crippen molar-refractivity contribution in [3.8, 4) is 0 Å². The summed E-state index contributed by atoms with van der Waals surface area (Å²) < 4.78 is 0. The number of benzene rings is 1. The third-order valence-electron chi connectivity index (χ3n) is 3.67. The Labute approximate surface area is 114 Å². The zero-order valence-corrected chi connectivity index (χ0v) is 11.4. The third kappa shape index (κ3) is 3.60. The number of rotatable bonds is 5. The predicted octanol–water partition coefficient (Wildman–Crippen LogP) is 3.41. The van der Waals surface area contributed by atoms with Crippen molar-refractivity contribution < 1.29 is 9.90 Å². The number of carbonyl (C=O) groups is 1. The van der Waals surface area contributed by atoms with E-state index in [-0.39, 0.29) is 0 Å². The number of carboxylic acid groups (broad SMARTS) is 1. The minimum absolute atomic E-state index is 0.779. The topological polar surface area (TPSA) is 40.5 Å². The minimum Gasteiger partial charge on any atom is -0.478 e. The molecule has 0 aliphatic carbocycles. The molecule has 1 N–H and O–H groups in total. The monoisotopic (exact) mass is 259 g/mol. The summed E-state index contributed by atoms with van der Waals surface area (Å²) in [5, 5.41) is 8.74. The van der Waals surface area contributed by atoms with E-state index in [9.17, 15) is 4.79 Å². The number of carboxylic acids is 1. The van der Waals surface area contributed by atoms with Gasteiger partial charge in [0.2, 0.25) is 0 Å². The van der Waals surface area contributed by atoms with Crippen molar-refractivity contribution in [2.45, 2.75) is 26.2 Å². The summed E-state index contributed by atoms with van der Waals surface area (Å²) >= 11 is 0. The molecule has 1 aliphatic rings. The SMILES string of the molecule is CCCC1CCN(c2ccccc2/C=C/C(=O)O)C1. The lowest BCUT2D eigenvalue weighted by atomic mass is 10.0. The molecular weight excluding hydrogens is 238 g/mol. The van der Waals surface area contributed by atoms with Crippen LogP contribution in [0.2, 0.25) is 0 Å². The first-order valence-corrected chi connectivity index (χ1v) is 6.95. The molecule has 0 aromatic heterocycles. The number of anilines is 1. The van der Waals surface area contributed by atoms with E-state index in [2.05, 4.69) is 17.9 Å². The molecule has 1 unspecified atom stereocenters. The summed E-state index contributed by atoms with van der Waals surface area (Å²) in [6.07, 6.45) is 6.65. The average molecular weight is 259 g/mol. The molecule has 3 nitrogen and oxygen atoms in total. The van der Waals surface area contributed by atoms with Crippen LogP contribution in [0.25, 0.3) is 6.08 Å². The molecule has 1 fully saturated rings. The van der Waals surface area contributed by atoms with Gasteiger partial charge in [-0.2, -0.15) is 0 Å². The Morgan fingerprint density at radius 3 is 3.00 bits per heavy atom. The van der Waals surface area contributed by atoms with Gasteiger partial charge in [0.05, 0.1) is 0 Å². The molecule has 0 radical (unpaired) electrons. The van der Waals surface area contributed by atoms with Crippen molar-refractivity contribution in [3.63, 3.8) is 0 Å². The summed E-state index contributed by atoms with van der Waals surface area (Å²) in [6, 6.07) is 8.02. The van der Waals surface area contributed by atoms with Crippen molar-refractivity contribution in [1.82, 2.24) is 0 Å². The predicted molar refractivity (Wildman–Crippen MR) is 78.3 cm³/mol. The fraction of sp³-hybridized carbons (Fsp3) is 0.438. The van der Waals surface area contributed by atoms with Crippen LogP contribution in [0.3, 0.4) is 0 Å². The highest BCUT2D eigenvalue weighted by Gasteiger charge is 2.22. The van der Waals surface area contributed by atoms with Gasteiger partial charge in [-0.05, 0) is 36.5 Å².